The van der Waals surface area contributed by atoms with Crippen molar-refractivity contribution in [1.82, 2.24) is 4.98 Å². The Bertz CT molecular complexity index is 436. The number of aliphatic carboxylic acids is 1. The molecule has 2 aliphatic rings. The molecule has 86 valence electrons. The zero-order chi connectivity index (χ0) is 11.3. The molecule has 3 unspecified atom stereocenters. The molecule has 0 amide bonds. The van der Waals surface area contributed by atoms with Crippen molar-refractivity contribution < 1.29 is 9.90 Å². The van der Waals surface area contributed by atoms with Crippen LogP contribution in [0.25, 0.3) is 0 Å². The number of rotatable bonds is 2. The fourth-order valence-electron chi connectivity index (χ4n) is 2.92. The lowest BCUT2D eigenvalue weighted by molar-refractivity contribution is -0.142. The van der Waals surface area contributed by atoms with Crippen LogP contribution in [-0.4, -0.2) is 28.1 Å². The van der Waals surface area contributed by atoms with Gasteiger partial charge in [0.25, 0.3) is 0 Å². The molecule has 0 radical (unpaired) electrons. The highest BCUT2D eigenvalue weighted by molar-refractivity contribution is 7.14. The Kier molecular flexibility index (Phi) is 2.33. The molecular formula is C10H11ClN2O2S. The molecule has 6 heteroatoms. The van der Waals surface area contributed by atoms with Crippen molar-refractivity contribution in [3.05, 3.63) is 10.5 Å². The number of hydrogen-bond donors (Lipinski definition) is 1. The van der Waals surface area contributed by atoms with E-state index in [9.17, 15) is 4.79 Å². The Morgan fingerprint density at radius 3 is 3.00 bits per heavy atom. The van der Waals surface area contributed by atoms with Gasteiger partial charge in [-0.3, -0.25) is 4.79 Å². The number of carbonyl (C=O) groups is 1. The zero-order valence-corrected chi connectivity index (χ0v) is 10.0. The van der Waals surface area contributed by atoms with Crippen LogP contribution in [0.4, 0.5) is 5.13 Å². The maximum absolute atomic E-state index is 11.1. The van der Waals surface area contributed by atoms with Crippen molar-refractivity contribution in [1.29, 1.82) is 0 Å². The molecule has 0 aliphatic carbocycles. The van der Waals surface area contributed by atoms with Crippen molar-refractivity contribution in [2.45, 2.75) is 31.3 Å². The molecule has 1 aromatic heterocycles. The van der Waals surface area contributed by atoms with E-state index in [1.54, 1.807) is 5.38 Å². The van der Waals surface area contributed by atoms with Gasteiger partial charge in [-0.05, 0) is 19.3 Å². The molecule has 2 bridgehead atoms. The average Bonchev–Trinajstić information content (AvgIpc) is 2.89. The normalized spacial score (nSPS) is 32.3. The second-order valence-electron chi connectivity index (χ2n) is 4.34. The van der Waals surface area contributed by atoms with Gasteiger partial charge in [0, 0.05) is 17.5 Å². The van der Waals surface area contributed by atoms with Crippen LogP contribution >= 0.6 is 22.9 Å². The van der Waals surface area contributed by atoms with Crippen LogP contribution in [0.2, 0.25) is 5.15 Å². The maximum Gasteiger partial charge on any atom is 0.308 e. The third-order valence-electron chi connectivity index (χ3n) is 3.54. The van der Waals surface area contributed by atoms with Gasteiger partial charge in [-0.15, -0.1) is 11.3 Å². The summed E-state index contributed by atoms with van der Waals surface area (Å²) in [5.41, 5.74) is 0. The van der Waals surface area contributed by atoms with E-state index in [0.717, 1.165) is 24.4 Å². The second kappa shape index (κ2) is 3.60. The molecule has 4 nitrogen and oxygen atoms in total. The third-order valence-corrected chi connectivity index (χ3v) is 4.72. The smallest absolute Gasteiger partial charge is 0.308 e. The van der Waals surface area contributed by atoms with Gasteiger partial charge in [0.15, 0.2) is 5.13 Å². The number of anilines is 1. The molecule has 3 atom stereocenters. The van der Waals surface area contributed by atoms with Gasteiger partial charge in [0.2, 0.25) is 0 Å². The number of carboxylic acids is 1. The maximum atomic E-state index is 11.1. The minimum atomic E-state index is -0.681. The van der Waals surface area contributed by atoms with Crippen LogP contribution in [0, 0.1) is 5.92 Å². The van der Waals surface area contributed by atoms with Gasteiger partial charge in [-0.25, -0.2) is 4.98 Å². The minimum Gasteiger partial charge on any atom is -0.481 e. The van der Waals surface area contributed by atoms with Gasteiger partial charge in [0.1, 0.15) is 5.15 Å². The van der Waals surface area contributed by atoms with Crippen molar-refractivity contribution in [2.75, 3.05) is 4.90 Å². The Labute approximate surface area is 102 Å². The molecule has 1 aromatic rings. The molecule has 2 fully saturated rings. The van der Waals surface area contributed by atoms with Crippen molar-refractivity contribution >= 4 is 34.0 Å². The van der Waals surface area contributed by atoms with Crippen LogP contribution < -0.4 is 4.90 Å². The van der Waals surface area contributed by atoms with E-state index in [0.29, 0.717) is 11.2 Å². The molecule has 0 spiro atoms. The fourth-order valence-corrected chi connectivity index (χ4v) is 3.99. The van der Waals surface area contributed by atoms with E-state index < -0.39 is 5.97 Å². The molecule has 1 N–H and O–H groups in total. The molecule has 2 aliphatic heterocycles. The van der Waals surface area contributed by atoms with Gasteiger partial charge >= 0.3 is 5.97 Å². The number of nitrogens with zero attached hydrogens (tertiary/aromatic N) is 2. The summed E-state index contributed by atoms with van der Waals surface area (Å²) in [5.74, 6) is -0.915. The van der Waals surface area contributed by atoms with Gasteiger partial charge < -0.3 is 10.0 Å². The summed E-state index contributed by atoms with van der Waals surface area (Å²) in [4.78, 5) is 17.5. The summed E-state index contributed by atoms with van der Waals surface area (Å²) in [7, 11) is 0. The van der Waals surface area contributed by atoms with E-state index in [1.165, 1.54) is 11.3 Å². The van der Waals surface area contributed by atoms with E-state index in [4.69, 9.17) is 16.7 Å². The Morgan fingerprint density at radius 1 is 1.62 bits per heavy atom. The Balaban J connectivity index is 1.90. The minimum absolute atomic E-state index is 0.115. The van der Waals surface area contributed by atoms with Crippen LogP contribution in [0.3, 0.4) is 0 Å². The summed E-state index contributed by atoms with van der Waals surface area (Å²) >= 11 is 7.31. The highest BCUT2D eigenvalue weighted by Crippen LogP contribution is 2.45. The van der Waals surface area contributed by atoms with Crippen LogP contribution in [0.1, 0.15) is 19.3 Å². The Hall–Kier alpha value is -0.810. The number of thiazole rings is 1. The van der Waals surface area contributed by atoms with E-state index in [1.807, 2.05) is 0 Å². The van der Waals surface area contributed by atoms with E-state index in [2.05, 4.69) is 9.88 Å². The summed E-state index contributed by atoms with van der Waals surface area (Å²) in [5, 5.41) is 12.3. The third kappa shape index (κ3) is 1.42. The molecule has 3 rings (SSSR count). The molecule has 0 saturated carbocycles. The van der Waals surface area contributed by atoms with Gasteiger partial charge in [-0.1, -0.05) is 11.6 Å². The van der Waals surface area contributed by atoms with E-state index >= 15 is 0 Å². The lowest BCUT2D eigenvalue weighted by Gasteiger charge is -2.21. The van der Waals surface area contributed by atoms with Gasteiger partial charge in [-0.2, -0.15) is 0 Å². The van der Waals surface area contributed by atoms with Crippen LogP contribution in [0.15, 0.2) is 5.38 Å². The highest BCUT2D eigenvalue weighted by Gasteiger charge is 2.50. The van der Waals surface area contributed by atoms with Crippen molar-refractivity contribution in [2.24, 2.45) is 5.92 Å². The molecule has 16 heavy (non-hydrogen) atoms. The number of fused-ring (bicyclic) bond motifs is 2. The first-order chi connectivity index (χ1) is 7.66. The van der Waals surface area contributed by atoms with Crippen LogP contribution in [0.5, 0.6) is 0 Å². The number of halogens is 1. The first kappa shape index (κ1) is 10.4. The number of carboxylic acid groups (broad SMARTS) is 1. The first-order valence-corrected chi connectivity index (χ1v) is 6.55. The lowest BCUT2D eigenvalue weighted by atomic mass is 9.89. The molecule has 0 aromatic carbocycles. The predicted octanol–water partition coefficient (Wildman–Crippen LogP) is 2.24. The van der Waals surface area contributed by atoms with Crippen molar-refractivity contribution in [3.8, 4) is 0 Å². The van der Waals surface area contributed by atoms with E-state index in [-0.39, 0.29) is 12.0 Å². The standard InChI is InChI=1S/C10H11ClN2O2S/c11-8-4-16-10(12-8)13-5-1-2-7(13)6(3-5)9(14)15/h4-7H,1-3H2,(H,14,15). The topological polar surface area (TPSA) is 53.4 Å². The summed E-state index contributed by atoms with van der Waals surface area (Å²) in [6.07, 6.45) is 2.78. The highest BCUT2D eigenvalue weighted by atomic mass is 35.5. The van der Waals surface area contributed by atoms with Crippen molar-refractivity contribution in [3.63, 3.8) is 0 Å². The molecule has 3 heterocycles. The monoisotopic (exact) mass is 258 g/mol. The first-order valence-electron chi connectivity index (χ1n) is 5.29. The summed E-state index contributed by atoms with van der Waals surface area (Å²) in [6.45, 7) is 0. The summed E-state index contributed by atoms with van der Waals surface area (Å²) < 4.78 is 0. The molecule has 2 saturated heterocycles. The SMILES string of the molecule is O=C(O)C1CC2CCC1N2c1nc(Cl)cs1. The molecular weight excluding hydrogens is 248 g/mol. The number of aromatic nitrogens is 1. The second-order valence-corrected chi connectivity index (χ2v) is 5.56. The average molecular weight is 259 g/mol. The predicted molar refractivity (Wildman–Crippen MR) is 62.2 cm³/mol. The quantitative estimate of drug-likeness (QED) is 0.884. The van der Waals surface area contributed by atoms with Crippen LogP contribution in [-0.2, 0) is 4.79 Å². The summed E-state index contributed by atoms with van der Waals surface area (Å²) in [6, 6.07) is 0.457. The van der Waals surface area contributed by atoms with Gasteiger partial charge in [0.05, 0.1) is 5.92 Å². The Morgan fingerprint density at radius 2 is 2.44 bits per heavy atom. The largest absolute Gasteiger partial charge is 0.481 e. The lowest BCUT2D eigenvalue weighted by Crippen LogP contribution is -2.32. The fraction of sp³-hybridized carbons (Fsp3) is 0.600. The number of hydrogen-bond acceptors (Lipinski definition) is 4. The zero-order valence-electron chi connectivity index (χ0n) is 8.47.